The normalized spacial score (nSPS) is 11.7. The third-order valence-electron chi connectivity index (χ3n) is 4.38. The summed E-state index contributed by atoms with van der Waals surface area (Å²) in [6, 6.07) is 13.9. The number of pyridine rings is 1. The molecule has 0 spiro atoms. The Kier molecular flexibility index (Phi) is 4.31. The topological polar surface area (TPSA) is 51.9 Å². The van der Waals surface area contributed by atoms with E-state index in [1.54, 1.807) is 11.9 Å². The smallest absolute Gasteiger partial charge is 0.252 e. The molecule has 26 heavy (non-hydrogen) atoms. The van der Waals surface area contributed by atoms with Crippen LogP contribution >= 0.6 is 23.5 Å². The molecule has 2 N–H and O–H groups in total. The van der Waals surface area contributed by atoms with Crippen molar-refractivity contribution >= 4 is 45.5 Å². The van der Waals surface area contributed by atoms with E-state index in [2.05, 4.69) is 22.1 Å². The molecule has 0 saturated carbocycles. The van der Waals surface area contributed by atoms with Gasteiger partial charge in [-0.15, -0.1) is 0 Å². The molecular formula is C20H18ClN3OS. The third-order valence-corrected chi connectivity index (χ3v) is 5.44. The van der Waals surface area contributed by atoms with Gasteiger partial charge in [-0.3, -0.25) is 9.10 Å². The Balaban J connectivity index is 2.04. The first-order chi connectivity index (χ1) is 12.4. The first-order valence-corrected chi connectivity index (χ1v) is 9.38. The highest BCUT2D eigenvalue weighted by atomic mass is 35.5. The van der Waals surface area contributed by atoms with Crippen molar-refractivity contribution < 1.29 is 0 Å². The molecule has 4 rings (SSSR count). The molecule has 2 heterocycles. The lowest BCUT2D eigenvalue weighted by Gasteiger charge is -2.12. The zero-order valence-corrected chi connectivity index (χ0v) is 16.3. The molecule has 0 unspecified atom stereocenters. The molecule has 2 aromatic carbocycles. The van der Waals surface area contributed by atoms with Gasteiger partial charge in [-0.2, -0.15) is 0 Å². The fraction of sp³-hybridized carbons (Fsp3) is 0.150. The molecule has 0 fully saturated rings. The first kappa shape index (κ1) is 17.2. The highest BCUT2D eigenvalue weighted by molar-refractivity contribution is 7.97. The number of hydrogen-bond donors (Lipinski definition) is 2. The van der Waals surface area contributed by atoms with Crippen LogP contribution in [-0.4, -0.2) is 28.4 Å². The maximum absolute atomic E-state index is 12.6. The number of nitrogens with zero attached hydrogens (tertiary/aromatic N) is 1. The minimum atomic E-state index is -0.0842. The SMILES string of the molecule is Cc1c(-c2cccc(SN(C)C)c2)c2[nH]c3ccc(Cl)cc3c2[nH]c1=O. The van der Waals surface area contributed by atoms with E-state index in [0.29, 0.717) is 10.6 Å². The molecule has 132 valence electrons. The lowest BCUT2D eigenvalue weighted by molar-refractivity contribution is 0.703. The molecule has 0 aliphatic rings. The van der Waals surface area contributed by atoms with Gasteiger partial charge in [-0.25, -0.2) is 0 Å². The Labute approximate surface area is 160 Å². The summed E-state index contributed by atoms with van der Waals surface area (Å²) in [7, 11) is 4.02. The van der Waals surface area contributed by atoms with Gasteiger partial charge in [-0.1, -0.05) is 23.7 Å². The Hall–Kier alpha value is -2.21. The van der Waals surface area contributed by atoms with E-state index < -0.39 is 0 Å². The number of halogens is 1. The van der Waals surface area contributed by atoms with Gasteiger partial charge < -0.3 is 9.97 Å². The van der Waals surface area contributed by atoms with Crippen LogP contribution in [0, 0.1) is 6.92 Å². The summed E-state index contributed by atoms with van der Waals surface area (Å²) in [4.78, 5) is 20.2. The van der Waals surface area contributed by atoms with Crippen LogP contribution in [0.1, 0.15) is 5.56 Å². The van der Waals surface area contributed by atoms with Gasteiger partial charge in [0.25, 0.3) is 5.56 Å². The van der Waals surface area contributed by atoms with Gasteiger partial charge in [0.15, 0.2) is 0 Å². The van der Waals surface area contributed by atoms with Gasteiger partial charge >= 0.3 is 0 Å². The van der Waals surface area contributed by atoms with E-state index in [0.717, 1.165) is 38.0 Å². The van der Waals surface area contributed by atoms with Crippen molar-refractivity contribution in [3.63, 3.8) is 0 Å². The lowest BCUT2D eigenvalue weighted by Crippen LogP contribution is -2.11. The minimum absolute atomic E-state index is 0.0842. The van der Waals surface area contributed by atoms with Crippen LogP contribution in [0.3, 0.4) is 0 Å². The van der Waals surface area contributed by atoms with Crippen LogP contribution < -0.4 is 5.56 Å². The van der Waals surface area contributed by atoms with Gasteiger partial charge in [0.2, 0.25) is 0 Å². The van der Waals surface area contributed by atoms with E-state index in [4.69, 9.17) is 11.6 Å². The fourth-order valence-electron chi connectivity index (χ4n) is 3.27. The average Bonchev–Trinajstić information content (AvgIpc) is 2.93. The summed E-state index contributed by atoms with van der Waals surface area (Å²) >= 11 is 7.81. The number of nitrogens with one attached hydrogen (secondary N) is 2. The molecule has 0 amide bonds. The second-order valence-electron chi connectivity index (χ2n) is 6.45. The van der Waals surface area contributed by atoms with Crippen molar-refractivity contribution in [1.29, 1.82) is 0 Å². The Morgan fingerprint density at radius 1 is 1.04 bits per heavy atom. The number of hydrogen-bond acceptors (Lipinski definition) is 3. The Morgan fingerprint density at radius 2 is 1.85 bits per heavy atom. The predicted octanol–water partition coefficient (Wildman–Crippen LogP) is 5.21. The number of fused-ring (bicyclic) bond motifs is 3. The van der Waals surface area contributed by atoms with Crippen molar-refractivity contribution in [2.75, 3.05) is 14.1 Å². The molecule has 0 aliphatic carbocycles. The van der Waals surface area contributed by atoms with Crippen molar-refractivity contribution in [3.8, 4) is 11.1 Å². The summed E-state index contributed by atoms with van der Waals surface area (Å²) < 4.78 is 2.05. The number of rotatable bonds is 3. The van der Waals surface area contributed by atoms with E-state index >= 15 is 0 Å². The fourth-order valence-corrected chi connectivity index (χ4v) is 4.18. The quantitative estimate of drug-likeness (QED) is 0.477. The monoisotopic (exact) mass is 383 g/mol. The standard InChI is InChI=1S/C20H18ClN3OS/c1-11-17(12-5-4-6-14(9-12)26-24(2)3)19-18(23-20(11)25)15-10-13(21)7-8-16(15)22-19/h4-10,22H,1-3H3,(H,23,25). The molecule has 0 radical (unpaired) electrons. The van der Waals surface area contributed by atoms with E-state index in [-0.39, 0.29) is 5.56 Å². The minimum Gasteiger partial charge on any atom is -0.353 e. The summed E-state index contributed by atoms with van der Waals surface area (Å²) in [6.45, 7) is 1.86. The highest BCUT2D eigenvalue weighted by Crippen LogP contribution is 2.35. The maximum Gasteiger partial charge on any atom is 0.252 e. The van der Waals surface area contributed by atoms with Crippen LogP contribution in [0.2, 0.25) is 5.02 Å². The van der Waals surface area contributed by atoms with Crippen molar-refractivity contribution in [1.82, 2.24) is 14.3 Å². The third kappa shape index (κ3) is 2.92. The second-order valence-corrected chi connectivity index (χ2v) is 8.27. The lowest BCUT2D eigenvalue weighted by atomic mass is 10.0. The molecule has 4 nitrogen and oxygen atoms in total. The maximum atomic E-state index is 12.6. The second kappa shape index (κ2) is 6.50. The zero-order valence-electron chi connectivity index (χ0n) is 14.7. The summed E-state index contributed by atoms with van der Waals surface area (Å²) in [6.07, 6.45) is 0. The molecule has 0 aliphatic heterocycles. The predicted molar refractivity (Wildman–Crippen MR) is 111 cm³/mol. The van der Waals surface area contributed by atoms with Crippen molar-refractivity contribution in [3.05, 3.63) is 63.4 Å². The number of H-pyrrole nitrogens is 2. The zero-order chi connectivity index (χ0) is 18.4. The number of benzene rings is 2. The largest absolute Gasteiger partial charge is 0.353 e. The first-order valence-electron chi connectivity index (χ1n) is 8.23. The van der Waals surface area contributed by atoms with Crippen LogP contribution in [-0.2, 0) is 0 Å². The number of aromatic amines is 2. The van der Waals surface area contributed by atoms with Gasteiger partial charge in [-0.05, 0) is 68.9 Å². The Morgan fingerprint density at radius 3 is 2.62 bits per heavy atom. The van der Waals surface area contributed by atoms with Crippen LogP contribution in [0.4, 0.5) is 0 Å². The van der Waals surface area contributed by atoms with Crippen LogP contribution in [0.25, 0.3) is 33.1 Å². The summed E-state index contributed by atoms with van der Waals surface area (Å²) in [5.74, 6) is 0. The molecule has 0 saturated heterocycles. The Bertz CT molecular complexity index is 1190. The molecular weight excluding hydrogens is 366 g/mol. The van der Waals surface area contributed by atoms with Crippen LogP contribution in [0.5, 0.6) is 0 Å². The molecule has 6 heteroatoms. The van der Waals surface area contributed by atoms with Gasteiger partial charge in [0.1, 0.15) is 0 Å². The van der Waals surface area contributed by atoms with Crippen molar-refractivity contribution in [2.45, 2.75) is 11.8 Å². The van der Waals surface area contributed by atoms with Crippen molar-refractivity contribution in [2.24, 2.45) is 0 Å². The number of aromatic nitrogens is 2. The molecule has 0 atom stereocenters. The van der Waals surface area contributed by atoms with Crippen LogP contribution in [0.15, 0.2) is 52.2 Å². The van der Waals surface area contributed by atoms with E-state index in [1.165, 1.54) is 0 Å². The van der Waals surface area contributed by atoms with Gasteiger partial charge in [0, 0.05) is 31.9 Å². The highest BCUT2D eigenvalue weighted by Gasteiger charge is 2.16. The van der Waals surface area contributed by atoms with E-state index in [1.807, 2.05) is 55.7 Å². The van der Waals surface area contributed by atoms with E-state index in [9.17, 15) is 4.79 Å². The molecule has 0 bridgehead atoms. The summed E-state index contributed by atoms with van der Waals surface area (Å²) in [5.41, 5.74) is 5.22. The summed E-state index contributed by atoms with van der Waals surface area (Å²) in [5, 5.41) is 1.57. The average molecular weight is 384 g/mol. The van der Waals surface area contributed by atoms with Gasteiger partial charge in [0.05, 0.1) is 11.0 Å². The molecule has 2 aromatic heterocycles. The molecule has 4 aromatic rings.